The lowest BCUT2D eigenvalue weighted by atomic mass is 10.1. The summed E-state index contributed by atoms with van der Waals surface area (Å²) in [6, 6.07) is 0. The molecule has 0 aromatic carbocycles. The Morgan fingerprint density at radius 2 is 2.11 bits per heavy atom. The fourth-order valence-electron chi connectivity index (χ4n) is 0.698. The predicted molar refractivity (Wildman–Crippen MR) is 39.3 cm³/mol. The smallest absolute Gasteiger partial charge is 0.0941 e. The van der Waals surface area contributed by atoms with Gasteiger partial charge in [0.15, 0.2) is 0 Å². The van der Waals surface area contributed by atoms with Gasteiger partial charge in [-0.2, -0.15) is 0 Å². The maximum absolute atomic E-state index is 10.8. The normalized spacial score (nSPS) is 13.7. The summed E-state index contributed by atoms with van der Waals surface area (Å²) in [7, 11) is 0. The van der Waals surface area contributed by atoms with Gasteiger partial charge < -0.3 is 0 Å². The molecule has 55 valence electrons. The zero-order valence-electron chi connectivity index (χ0n) is 5.90. The van der Waals surface area contributed by atoms with Crippen LogP contribution >= 0.6 is 11.6 Å². The summed E-state index contributed by atoms with van der Waals surface area (Å²) in [6.45, 7) is 2.09. The standard InChI is InChI=1S/C7H14ClO/c1-2-3-4-7(9)5-6-8/h7H,2-6H2,1H3. The van der Waals surface area contributed by atoms with Gasteiger partial charge in [0, 0.05) is 5.88 Å². The third-order valence-electron chi connectivity index (χ3n) is 1.31. The molecule has 0 aromatic heterocycles. The molecule has 0 saturated carbocycles. The molecule has 1 nitrogen and oxygen atoms in total. The van der Waals surface area contributed by atoms with Crippen LogP contribution in [0.15, 0.2) is 0 Å². The van der Waals surface area contributed by atoms with Crippen molar-refractivity contribution in [3.63, 3.8) is 0 Å². The second kappa shape index (κ2) is 6.37. The fraction of sp³-hybridized carbons (Fsp3) is 1.00. The van der Waals surface area contributed by atoms with Crippen molar-refractivity contribution in [2.75, 3.05) is 5.88 Å². The average Bonchev–Trinajstić information content (AvgIpc) is 1.85. The molecule has 0 heterocycles. The summed E-state index contributed by atoms with van der Waals surface area (Å²) in [4.78, 5) is 0. The van der Waals surface area contributed by atoms with Crippen molar-refractivity contribution in [3.05, 3.63) is 0 Å². The second-order valence-electron chi connectivity index (χ2n) is 2.24. The van der Waals surface area contributed by atoms with E-state index in [0.29, 0.717) is 12.3 Å². The second-order valence-corrected chi connectivity index (χ2v) is 2.62. The summed E-state index contributed by atoms with van der Waals surface area (Å²) in [6.07, 6.45) is 3.17. The van der Waals surface area contributed by atoms with Gasteiger partial charge in [-0.15, -0.1) is 11.6 Å². The Hall–Kier alpha value is 0.250. The molecule has 0 aromatic rings. The highest BCUT2D eigenvalue weighted by Gasteiger charge is 2.02. The molecule has 0 saturated heterocycles. The van der Waals surface area contributed by atoms with Gasteiger partial charge in [-0.05, 0) is 12.8 Å². The van der Waals surface area contributed by atoms with Crippen molar-refractivity contribution < 1.29 is 5.11 Å². The molecule has 0 N–H and O–H groups in total. The molecule has 0 aliphatic rings. The summed E-state index contributed by atoms with van der Waals surface area (Å²) >= 11 is 5.38. The molecule has 1 atom stereocenters. The molecule has 0 amide bonds. The minimum absolute atomic E-state index is 0.414. The quantitative estimate of drug-likeness (QED) is 0.536. The first-order valence-corrected chi connectivity index (χ1v) is 4.06. The van der Waals surface area contributed by atoms with Crippen molar-refractivity contribution >= 4 is 11.6 Å². The summed E-state index contributed by atoms with van der Waals surface area (Å²) in [5.41, 5.74) is 0. The molecule has 2 heteroatoms. The molecule has 0 bridgehead atoms. The first kappa shape index (κ1) is 9.25. The van der Waals surface area contributed by atoms with E-state index in [0.717, 1.165) is 19.3 Å². The highest BCUT2D eigenvalue weighted by molar-refractivity contribution is 6.17. The van der Waals surface area contributed by atoms with Crippen LogP contribution in [0.3, 0.4) is 0 Å². The Kier molecular flexibility index (Phi) is 6.55. The number of unbranched alkanes of at least 4 members (excludes halogenated alkanes) is 1. The minimum Gasteiger partial charge on any atom is -0.233 e. The Bertz CT molecular complexity index is 56.9. The van der Waals surface area contributed by atoms with Crippen molar-refractivity contribution in [3.8, 4) is 0 Å². The lowest BCUT2D eigenvalue weighted by Crippen LogP contribution is -2.04. The Balaban J connectivity index is 2.95. The topological polar surface area (TPSA) is 19.9 Å². The van der Waals surface area contributed by atoms with Gasteiger partial charge >= 0.3 is 0 Å². The lowest BCUT2D eigenvalue weighted by molar-refractivity contribution is 0.0767. The average molecular weight is 150 g/mol. The number of alkyl halides is 1. The third kappa shape index (κ3) is 6.13. The molecular formula is C7H14ClO. The largest absolute Gasteiger partial charge is 0.233 e. The molecule has 0 spiro atoms. The van der Waals surface area contributed by atoms with Crippen molar-refractivity contribution in [2.45, 2.75) is 38.7 Å². The maximum atomic E-state index is 10.8. The van der Waals surface area contributed by atoms with Crippen LogP contribution in [-0.2, 0) is 5.11 Å². The van der Waals surface area contributed by atoms with E-state index in [4.69, 9.17) is 11.6 Å². The van der Waals surface area contributed by atoms with Crippen molar-refractivity contribution in [1.82, 2.24) is 0 Å². The van der Waals surface area contributed by atoms with Crippen LogP contribution in [0.2, 0.25) is 0 Å². The molecule has 1 radical (unpaired) electrons. The Morgan fingerprint density at radius 1 is 1.44 bits per heavy atom. The van der Waals surface area contributed by atoms with E-state index < -0.39 is 6.10 Å². The van der Waals surface area contributed by atoms with Crippen LogP contribution in [-0.4, -0.2) is 12.0 Å². The van der Waals surface area contributed by atoms with E-state index in [2.05, 4.69) is 6.92 Å². The van der Waals surface area contributed by atoms with E-state index in [9.17, 15) is 5.11 Å². The van der Waals surface area contributed by atoms with Crippen LogP contribution in [0.1, 0.15) is 32.6 Å². The monoisotopic (exact) mass is 149 g/mol. The van der Waals surface area contributed by atoms with Gasteiger partial charge in [-0.3, -0.25) is 0 Å². The van der Waals surface area contributed by atoms with E-state index in [1.165, 1.54) is 0 Å². The first-order chi connectivity index (χ1) is 4.31. The molecule has 0 rings (SSSR count). The fourth-order valence-corrected chi connectivity index (χ4v) is 0.941. The van der Waals surface area contributed by atoms with Crippen LogP contribution in [0.4, 0.5) is 0 Å². The molecule has 0 aliphatic carbocycles. The SMILES string of the molecule is CCCCC([O])CCCl. The zero-order chi connectivity index (χ0) is 7.11. The van der Waals surface area contributed by atoms with Gasteiger partial charge in [-0.1, -0.05) is 19.8 Å². The van der Waals surface area contributed by atoms with Crippen molar-refractivity contribution in [1.29, 1.82) is 0 Å². The lowest BCUT2D eigenvalue weighted by Gasteiger charge is -2.02. The highest BCUT2D eigenvalue weighted by atomic mass is 35.5. The maximum Gasteiger partial charge on any atom is 0.0941 e. The van der Waals surface area contributed by atoms with Crippen molar-refractivity contribution in [2.24, 2.45) is 0 Å². The van der Waals surface area contributed by atoms with E-state index in [1.807, 2.05) is 0 Å². The molecule has 0 fully saturated rings. The van der Waals surface area contributed by atoms with Crippen LogP contribution < -0.4 is 0 Å². The van der Waals surface area contributed by atoms with E-state index in [-0.39, 0.29) is 0 Å². The van der Waals surface area contributed by atoms with Gasteiger partial charge in [-0.25, -0.2) is 5.11 Å². The molecular weight excluding hydrogens is 136 g/mol. The summed E-state index contributed by atoms with van der Waals surface area (Å²) in [5.74, 6) is 0.512. The molecule has 1 unspecified atom stereocenters. The molecule has 0 aliphatic heterocycles. The first-order valence-electron chi connectivity index (χ1n) is 3.53. The van der Waals surface area contributed by atoms with Gasteiger partial charge in [0.25, 0.3) is 0 Å². The third-order valence-corrected chi connectivity index (χ3v) is 1.53. The number of rotatable bonds is 5. The number of halogens is 1. The molecule has 9 heavy (non-hydrogen) atoms. The minimum atomic E-state index is -0.414. The van der Waals surface area contributed by atoms with Crippen LogP contribution in [0, 0.1) is 0 Å². The summed E-state index contributed by atoms with van der Waals surface area (Å²) in [5, 5.41) is 10.8. The number of hydrogen-bond donors (Lipinski definition) is 0. The van der Waals surface area contributed by atoms with E-state index in [1.54, 1.807) is 0 Å². The van der Waals surface area contributed by atoms with Crippen LogP contribution in [0.5, 0.6) is 0 Å². The Labute approximate surface area is 62.0 Å². The number of hydrogen-bond acceptors (Lipinski definition) is 0. The highest BCUT2D eigenvalue weighted by Crippen LogP contribution is 2.04. The summed E-state index contributed by atoms with van der Waals surface area (Å²) < 4.78 is 0. The predicted octanol–water partition coefficient (Wildman–Crippen LogP) is 2.60. The zero-order valence-corrected chi connectivity index (χ0v) is 6.66. The van der Waals surface area contributed by atoms with E-state index >= 15 is 0 Å². The van der Waals surface area contributed by atoms with Gasteiger partial charge in [0.05, 0.1) is 6.10 Å². The van der Waals surface area contributed by atoms with Gasteiger partial charge in [0.2, 0.25) is 0 Å². The Morgan fingerprint density at radius 3 is 2.56 bits per heavy atom. The van der Waals surface area contributed by atoms with Gasteiger partial charge in [0.1, 0.15) is 0 Å². The van der Waals surface area contributed by atoms with Crippen LogP contribution in [0.25, 0.3) is 0 Å².